The smallest absolute Gasteiger partial charge is 0.415 e. The number of carbonyl (C=O) groups excluding carboxylic acids is 3. The average Bonchev–Trinajstić information content (AvgIpc) is 3.49. The third-order valence-electron chi connectivity index (χ3n) is 7.27. The Morgan fingerprint density at radius 2 is 1.74 bits per heavy atom. The summed E-state index contributed by atoms with van der Waals surface area (Å²) in [6.07, 6.45) is -3.99. The maximum absolute atomic E-state index is 15.2. The van der Waals surface area contributed by atoms with Crippen molar-refractivity contribution in [3.63, 3.8) is 0 Å². The molecule has 3 aliphatic heterocycles. The minimum absolute atomic E-state index is 0.0345. The van der Waals surface area contributed by atoms with Crippen molar-refractivity contribution in [2.24, 2.45) is 0 Å². The molecule has 15 heteroatoms. The molecule has 1 aromatic rings. The zero-order valence-electron chi connectivity index (χ0n) is 20.7. The van der Waals surface area contributed by atoms with Gasteiger partial charge in [0.05, 0.1) is 31.4 Å². The van der Waals surface area contributed by atoms with Crippen LogP contribution in [0.1, 0.15) is 6.42 Å². The van der Waals surface area contributed by atoms with Gasteiger partial charge in [-0.25, -0.2) is 23.4 Å². The molecule has 1 saturated carbocycles. The number of amides is 4. The number of benzene rings is 1. The van der Waals surface area contributed by atoms with E-state index in [2.05, 4.69) is 10.2 Å². The van der Waals surface area contributed by atoms with Crippen LogP contribution in [-0.4, -0.2) is 117 Å². The minimum Gasteiger partial charge on any atom is -0.438 e. The Morgan fingerprint density at radius 1 is 1.05 bits per heavy atom. The summed E-state index contributed by atoms with van der Waals surface area (Å²) in [5.41, 5.74) is -1.63. The van der Waals surface area contributed by atoms with Gasteiger partial charge in [-0.15, -0.1) is 0 Å². The summed E-state index contributed by atoms with van der Waals surface area (Å²) in [6, 6.07) is 0.890. The van der Waals surface area contributed by atoms with Gasteiger partial charge in [0.1, 0.15) is 5.69 Å². The van der Waals surface area contributed by atoms with Crippen molar-refractivity contribution in [1.29, 1.82) is 0 Å². The molecule has 4 aliphatic rings. The van der Waals surface area contributed by atoms with E-state index in [1.54, 1.807) is 4.90 Å². The highest BCUT2D eigenvalue weighted by Gasteiger charge is 2.64. The predicted molar refractivity (Wildman–Crippen MR) is 125 cm³/mol. The SMILES string of the molecule is CN1CCN(C(=O)N2CCN(c3c(F)cc(N4C[C@@]5(CC5NC(=O)C(F)F)OC4=O)cc3F)CCO2)CC1. The Labute approximate surface area is 215 Å². The lowest BCUT2D eigenvalue weighted by atomic mass is 10.2. The summed E-state index contributed by atoms with van der Waals surface area (Å²) in [5.74, 6) is -3.33. The number of nitrogens with one attached hydrogen (secondary N) is 1. The third kappa shape index (κ3) is 5.04. The summed E-state index contributed by atoms with van der Waals surface area (Å²) in [4.78, 5) is 48.3. The largest absolute Gasteiger partial charge is 0.438 e. The van der Waals surface area contributed by atoms with Crippen molar-refractivity contribution in [1.82, 2.24) is 20.2 Å². The third-order valence-corrected chi connectivity index (χ3v) is 7.27. The molecule has 0 bridgehead atoms. The van der Waals surface area contributed by atoms with Gasteiger partial charge in [0.25, 0.3) is 5.91 Å². The molecule has 1 unspecified atom stereocenters. The topological polar surface area (TPSA) is 97.9 Å². The monoisotopic (exact) mass is 544 g/mol. The van der Waals surface area contributed by atoms with Gasteiger partial charge in [0, 0.05) is 57.8 Å². The van der Waals surface area contributed by atoms with E-state index in [-0.39, 0.29) is 56.6 Å². The Bertz CT molecular complexity index is 1100. The van der Waals surface area contributed by atoms with Crippen molar-refractivity contribution in [2.75, 3.05) is 75.8 Å². The minimum atomic E-state index is -3.21. The Morgan fingerprint density at radius 3 is 2.39 bits per heavy atom. The Kier molecular flexibility index (Phi) is 6.98. The molecule has 208 valence electrons. The first-order chi connectivity index (χ1) is 18.1. The number of alkyl halides is 2. The summed E-state index contributed by atoms with van der Waals surface area (Å²) in [6.45, 7) is 2.82. The summed E-state index contributed by atoms with van der Waals surface area (Å²) >= 11 is 0. The maximum atomic E-state index is 15.2. The van der Waals surface area contributed by atoms with Crippen LogP contribution in [0.4, 0.5) is 38.5 Å². The highest BCUT2D eigenvalue weighted by atomic mass is 19.3. The molecule has 11 nitrogen and oxygen atoms in total. The van der Waals surface area contributed by atoms with Crippen LogP contribution in [0.3, 0.4) is 0 Å². The van der Waals surface area contributed by atoms with Crippen molar-refractivity contribution in [3.05, 3.63) is 23.8 Å². The van der Waals surface area contributed by atoms with Crippen molar-refractivity contribution >= 4 is 29.4 Å². The number of likely N-dealkylation sites (N-methyl/N-ethyl adjacent to an activating group) is 1. The standard InChI is InChI=1S/C23H28F4N6O5/c1-29-2-4-31(5-3-29)21(35)33-7-6-30(8-9-37-33)18-15(24)10-14(11-16(18)25)32-13-23(38-22(32)36)12-17(23)28-20(34)19(26)27/h10-11,17,19H,2-9,12-13H2,1H3,(H,28,34)/t17?,23-/m1/s1. The number of piperazine rings is 1. The molecule has 5 rings (SSSR count). The van der Waals surface area contributed by atoms with E-state index in [1.165, 1.54) is 9.96 Å². The zero-order chi connectivity index (χ0) is 27.2. The molecule has 0 aromatic heterocycles. The van der Waals surface area contributed by atoms with E-state index in [0.717, 1.165) is 30.1 Å². The summed E-state index contributed by atoms with van der Waals surface area (Å²) in [5, 5.41) is 3.32. The van der Waals surface area contributed by atoms with Gasteiger partial charge in [0.2, 0.25) is 0 Å². The van der Waals surface area contributed by atoms with E-state index in [1.807, 2.05) is 7.05 Å². The second-order valence-corrected chi connectivity index (χ2v) is 9.84. The van der Waals surface area contributed by atoms with E-state index < -0.39 is 41.7 Å². The normalized spacial score (nSPS) is 26.2. The first-order valence-electron chi connectivity index (χ1n) is 12.3. The van der Waals surface area contributed by atoms with Gasteiger partial charge in [-0.1, -0.05) is 0 Å². The molecule has 1 aromatic carbocycles. The summed E-state index contributed by atoms with van der Waals surface area (Å²) in [7, 11) is 1.97. The number of urea groups is 1. The number of hydrogen-bond acceptors (Lipinski definition) is 7. The molecule has 3 heterocycles. The van der Waals surface area contributed by atoms with Crippen LogP contribution in [-0.2, 0) is 14.4 Å². The molecular weight excluding hydrogens is 516 g/mol. The van der Waals surface area contributed by atoms with Gasteiger partial charge in [-0.3, -0.25) is 14.5 Å². The number of anilines is 2. The van der Waals surface area contributed by atoms with Gasteiger partial charge < -0.3 is 24.8 Å². The first kappa shape index (κ1) is 26.3. The molecule has 0 radical (unpaired) electrons. The van der Waals surface area contributed by atoms with Crippen molar-refractivity contribution in [3.8, 4) is 0 Å². The van der Waals surface area contributed by atoms with Gasteiger partial charge in [-0.2, -0.15) is 8.78 Å². The Balaban J connectivity index is 1.24. The van der Waals surface area contributed by atoms with Crippen molar-refractivity contribution < 1.29 is 41.5 Å². The van der Waals surface area contributed by atoms with E-state index in [4.69, 9.17) is 9.57 Å². The number of halogens is 4. The van der Waals surface area contributed by atoms with E-state index in [9.17, 15) is 23.2 Å². The van der Waals surface area contributed by atoms with Crippen LogP contribution < -0.4 is 15.1 Å². The molecule has 4 fully saturated rings. The predicted octanol–water partition coefficient (Wildman–Crippen LogP) is 1.23. The zero-order valence-corrected chi connectivity index (χ0v) is 20.7. The number of carbonyl (C=O) groups is 3. The second kappa shape index (κ2) is 10.1. The van der Waals surface area contributed by atoms with Crippen LogP contribution in [0.25, 0.3) is 0 Å². The molecule has 1 spiro atoms. The first-order valence-corrected chi connectivity index (χ1v) is 12.3. The van der Waals surface area contributed by atoms with E-state index in [0.29, 0.717) is 13.1 Å². The molecule has 2 atom stereocenters. The fourth-order valence-corrected chi connectivity index (χ4v) is 4.97. The van der Waals surface area contributed by atoms with Crippen LogP contribution in [0, 0.1) is 11.6 Å². The lowest BCUT2D eigenvalue weighted by molar-refractivity contribution is -0.132. The second-order valence-electron chi connectivity index (χ2n) is 9.84. The van der Waals surface area contributed by atoms with Crippen LogP contribution in [0.2, 0.25) is 0 Å². The van der Waals surface area contributed by atoms with Gasteiger partial charge in [-0.05, 0) is 7.05 Å². The Hall–Kier alpha value is -3.33. The number of hydroxylamine groups is 2. The molecule has 4 amide bonds. The fraction of sp³-hybridized carbons (Fsp3) is 0.609. The van der Waals surface area contributed by atoms with Crippen LogP contribution in [0.5, 0.6) is 0 Å². The molecule has 1 N–H and O–H groups in total. The molecule has 1 aliphatic carbocycles. The highest BCUT2D eigenvalue weighted by Crippen LogP contribution is 2.46. The van der Waals surface area contributed by atoms with Gasteiger partial charge >= 0.3 is 18.5 Å². The highest BCUT2D eigenvalue weighted by molar-refractivity contribution is 5.92. The van der Waals surface area contributed by atoms with Crippen LogP contribution >= 0.6 is 0 Å². The van der Waals surface area contributed by atoms with Crippen molar-refractivity contribution in [2.45, 2.75) is 24.5 Å². The fourth-order valence-electron chi connectivity index (χ4n) is 4.97. The number of ether oxygens (including phenoxy) is 1. The quantitative estimate of drug-likeness (QED) is 0.570. The summed E-state index contributed by atoms with van der Waals surface area (Å²) < 4.78 is 60.7. The lowest BCUT2D eigenvalue weighted by Gasteiger charge is -2.35. The molecule has 3 saturated heterocycles. The van der Waals surface area contributed by atoms with E-state index >= 15 is 8.78 Å². The average molecular weight is 545 g/mol. The molecular formula is C23H28F4N6O5. The maximum Gasteiger partial charge on any atom is 0.415 e. The van der Waals surface area contributed by atoms with Gasteiger partial charge in [0.15, 0.2) is 17.2 Å². The number of rotatable bonds is 4. The number of nitrogens with zero attached hydrogens (tertiary/aromatic N) is 5. The van der Waals surface area contributed by atoms with Crippen LogP contribution in [0.15, 0.2) is 12.1 Å². The molecule has 38 heavy (non-hydrogen) atoms. The number of hydrogen-bond donors (Lipinski definition) is 1. The lowest BCUT2D eigenvalue weighted by Crippen LogP contribution is -2.52.